The monoisotopic (exact) mass is 367 g/mol. The molecule has 1 spiro atoms. The zero-order chi connectivity index (χ0) is 18.9. The van der Waals surface area contributed by atoms with E-state index in [1.54, 1.807) is 10.9 Å². The lowest BCUT2D eigenvalue weighted by Gasteiger charge is -2.45. The topological polar surface area (TPSA) is 107 Å². The molecular weight excluding hydrogens is 342 g/mol. The van der Waals surface area contributed by atoms with Crippen LogP contribution in [0.15, 0.2) is 46.6 Å². The van der Waals surface area contributed by atoms with E-state index in [1.807, 2.05) is 42.4 Å². The maximum absolute atomic E-state index is 6.33. The Morgan fingerprint density at radius 1 is 1.15 bits per heavy atom. The molecule has 4 rings (SSSR count). The fourth-order valence-corrected chi connectivity index (χ4v) is 3.94. The predicted octanol–water partition coefficient (Wildman–Crippen LogP) is 2.11. The summed E-state index contributed by atoms with van der Waals surface area (Å²) in [6.45, 7) is 0.425. The number of hydrogen-bond donors (Lipinski definition) is 2. The Balaban J connectivity index is 1.68. The second kappa shape index (κ2) is 6.94. The highest BCUT2D eigenvalue weighted by molar-refractivity contribution is 6.06. The van der Waals surface area contributed by atoms with Gasteiger partial charge in [-0.2, -0.15) is 10.1 Å². The largest absolute Gasteiger partial charge is 0.487 e. The van der Waals surface area contributed by atoms with Gasteiger partial charge in [0.1, 0.15) is 18.0 Å². The van der Waals surface area contributed by atoms with Crippen LogP contribution in [-0.4, -0.2) is 27.4 Å². The summed E-state index contributed by atoms with van der Waals surface area (Å²) < 4.78 is 7.87. The van der Waals surface area contributed by atoms with Crippen molar-refractivity contribution in [2.45, 2.75) is 44.4 Å². The van der Waals surface area contributed by atoms with Crippen LogP contribution in [0.1, 0.15) is 37.7 Å². The van der Waals surface area contributed by atoms with Crippen molar-refractivity contribution < 1.29 is 4.74 Å². The van der Waals surface area contributed by atoms with Crippen molar-refractivity contribution >= 4 is 17.6 Å². The molecule has 0 atom stereocenters. The maximum Gasteiger partial charge on any atom is 0.220 e. The Hall–Kier alpha value is -3.03. The number of nitrogens with zero attached hydrogens (tertiary/aromatic N) is 5. The first kappa shape index (κ1) is 17.4. The molecule has 1 aromatic heterocycles. The van der Waals surface area contributed by atoms with Crippen molar-refractivity contribution in [2.75, 3.05) is 4.90 Å². The first-order chi connectivity index (χ1) is 13.1. The van der Waals surface area contributed by atoms with Gasteiger partial charge in [-0.15, -0.1) is 0 Å². The number of aryl methyl sites for hydroxylation is 1. The van der Waals surface area contributed by atoms with Crippen LogP contribution in [0.5, 0.6) is 5.75 Å². The molecule has 0 unspecified atom stereocenters. The first-order valence-corrected chi connectivity index (χ1v) is 9.26. The van der Waals surface area contributed by atoms with E-state index in [0.717, 1.165) is 42.7 Å². The smallest absolute Gasteiger partial charge is 0.220 e. The van der Waals surface area contributed by atoms with Crippen molar-refractivity contribution in [1.29, 1.82) is 0 Å². The molecule has 2 heterocycles. The Labute approximate surface area is 158 Å². The normalized spacial score (nSPS) is 18.9. The Bertz CT molecular complexity index is 880. The van der Waals surface area contributed by atoms with Crippen LogP contribution < -0.4 is 21.1 Å². The van der Waals surface area contributed by atoms with Gasteiger partial charge in [0.05, 0.1) is 11.9 Å². The van der Waals surface area contributed by atoms with E-state index in [4.69, 9.17) is 21.2 Å². The van der Waals surface area contributed by atoms with Crippen molar-refractivity contribution in [3.05, 3.63) is 42.2 Å². The van der Waals surface area contributed by atoms with Gasteiger partial charge in [0, 0.05) is 18.8 Å². The minimum absolute atomic E-state index is 0.249. The molecule has 4 N–H and O–H groups in total. The van der Waals surface area contributed by atoms with Gasteiger partial charge in [0.2, 0.25) is 11.9 Å². The highest BCUT2D eigenvalue weighted by atomic mass is 16.5. The molecule has 0 saturated heterocycles. The van der Waals surface area contributed by atoms with Crippen LogP contribution in [0.2, 0.25) is 0 Å². The molecule has 1 aliphatic heterocycles. The predicted molar refractivity (Wildman–Crippen MR) is 106 cm³/mol. The Morgan fingerprint density at radius 2 is 1.93 bits per heavy atom. The van der Waals surface area contributed by atoms with Crippen LogP contribution in [0.3, 0.4) is 0 Å². The zero-order valence-corrected chi connectivity index (χ0v) is 15.5. The number of benzene rings is 1. The van der Waals surface area contributed by atoms with Crippen LogP contribution in [-0.2, 0) is 13.7 Å². The summed E-state index contributed by atoms with van der Waals surface area (Å²) in [5.41, 5.74) is 13.7. The van der Waals surface area contributed by atoms with Gasteiger partial charge in [-0.3, -0.25) is 9.58 Å². The van der Waals surface area contributed by atoms with Crippen molar-refractivity contribution in [3.8, 4) is 5.75 Å². The minimum Gasteiger partial charge on any atom is -0.487 e. The second-order valence-electron chi connectivity index (χ2n) is 7.10. The molecule has 0 bridgehead atoms. The lowest BCUT2D eigenvalue weighted by Crippen LogP contribution is -2.58. The third-order valence-electron chi connectivity index (χ3n) is 5.11. The highest BCUT2D eigenvalue weighted by Gasteiger charge is 2.43. The van der Waals surface area contributed by atoms with Crippen LogP contribution in [0.25, 0.3) is 0 Å². The summed E-state index contributed by atoms with van der Waals surface area (Å²) in [6, 6.07) is 7.85. The van der Waals surface area contributed by atoms with Gasteiger partial charge in [-0.25, -0.2) is 4.99 Å². The van der Waals surface area contributed by atoms with E-state index < -0.39 is 5.66 Å². The van der Waals surface area contributed by atoms with Crippen molar-refractivity contribution in [1.82, 2.24) is 9.78 Å². The fraction of sp³-hybridized carbons (Fsp3) is 0.421. The van der Waals surface area contributed by atoms with Gasteiger partial charge in [0.25, 0.3) is 0 Å². The Kier molecular flexibility index (Phi) is 4.47. The van der Waals surface area contributed by atoms with Gasteiger partial charge >= 0.3 is 0 Å². The number of nitrogens with two attached hydrogens (primary N) is 2. The molecule has 27 heavy (non-hydrogen) atoms. The van der Waals surface area contributed by atoms with Crippen molar-refractivity contribution in [2.24, 2.45) is 28.5 Å². The molecule has 2 aromatic rings. The molecular formula is C19H25N7O. The quantitative estimate of drug-likeness (QED) is 0.861. The van der Waals surface area contributed by atoms with Gasteiger partial charge in [0.15, 0.2) is 0 Å². The molecule has 0 amide bonds. The lowest BCUT2D eigenvalue weighted by atomic mass is 9.87. The standard InChI is InChI=1S/C19H25N7O/c1-25-12-14(11-22-25)13-27-16-8-4-3-7-15(16)26-18(21)23-17(20)24-19(26)9-5-2-6-10-19/h3-4,7-8,11-12H,2,5-6,9-10,13H2,1H3,(H4,20,21,23,24). The number of ether oxygens (including phenoxy) is 1. The number of rotatable bonds is 4. The minimum atomic E-state index is -0.484. The summed E-state index contributed by atoms with van der Waals surface area (Å²) in [4.78, 5) is 11.0. The fourth-order valence-electron chi connectivity index (χ4n) is 3.94. The number of hydrogen-bond acceptors (Lipinski definition) is 7. The molecule has 0 radical (unpaired) electrons. The number of guanidine groups is 2. The number of aromatic nitrogens is 2. The van der Waals surface area contributed by atoms with E-state index >= 15 is 0 Å². The van der Waals surface area contributed by atoms with E-state index in [2.05, 4.69) is 10.1 Å². The molecule has 1 saturated carbocycles. The molecule has 142 valence electrons. The number of anilines is 1. The molecule has 8 heteroatoms. The maximum atomic E-state index is 6.33. The Morgan fingerprint density at radius 3 is 2.67 bits per heavy atom. The average molecular weight is 367 g/mol. The van der Waals surface area contributed by atoms with Gasteiger partial charge in [-0.1, -0.05) is 18.6 Å². The SMILES string of the molecule is Cn1cc(COc2ccccc2N2C(N)=NC(N)=NC23CCCCC3)cn1. The second-order valence-corrected chi connectivity index (χ2v) is 7.10. The van der Waals surface area contributed by atoms with Gasteiger partial charge < -0.3 is 16.2 Å². The molecule has 1 aromatic carbocycles. The van der Waals surface area contributed by atoms with E-state index in [9.17, 15) is 0 Å². The van der Waals surface area contributed by atoms with Crippen molar-refractivity contribution in [3.63, 3.8) is 0 Å². The molecule has 8 nitrogen and oxygen atoms in total. The van der Waals surface area contributed by atoms with E-state index in [-0.39, 0.29) is 5.96 Å². The number of para-hydroxylation sites is 2. The molecule has 1 fully saturated rings. The lowest BCUT2D eigenvalue weighted by molar-refractivity contribution is 0.289. The summed E-state index contributed by atoms with van der Waals surface area (Å²) in [5.74, 6) is 1.35. The van der Waals surface area contributed by atoms with Crippen LogP contribution >= 0.6 is 0 Å². The zero-order valence-electron chi connectivity index (χ0n) is 15.5. The van der Waals surface area contributed by atoms with E-state index in [0.29, 0.717) is 12.6 Å². The third-order valence-corrected chi connectivity index (χ3v) is 5.11. The summed E-state index contributed by atoms with van der Waals surface area (Å²) in [5, 5.41) is 4.19. The van der Waals surface area contributed by atoms with E-state index in [1.165, 1.54) is 6.42 Å². The summed E-state index contributed by atoms with van der Waals surface area (Å²) in [7, 11) is 1.89. The molecule has 1 aliphatic carbocycles. The first-order valence-electron chi connectivity index (χ1n) is 9.26. The van der Waals surface area contributed by atoms with Crippen LogP contribution in [0, 0.1) is 0 Å². The average Bonchev–Trinajstić information content (AvgIpc) is 3.06. The molecule has 2 aliphatic rings. The number of aliphatic imine (C=N–C) groups is 2. The van der Waals surface area contributed by atoms with Crippen LogP contribution in [0.4, 0.5) is 5.69 Å². The summed E-state index contributed by atoms with van der Waals surface area (Å²) in [6.07, 6.45) is 8.88. The third kappa shape index (κ3) is 3.34. The highest BCUT2D eigenvalue weighted by Crippen LogP contribution is 2.42. The van der Waals surface area contributed by atoms with Gasteiger partial charge in [-0.05, 0) is 37.8 Å². The summed E-state index contributed by atoms with van der Waals surface area (Å²) >= 11 is 0.